The lowest BCUT2D eigenvalue weighted by Gasteiger charge is -1.81. The highest BCUT2D eigenvalue weighted by Crippen LogP contribution is 1.89. The molecule has 0 aromatic rings. The summed E-state index contributed by atoms with van der Waals surface area (Å²) in [7, 11) is 0.171. The lowest BCUT2D eigenvalue weighted by molar-refractivity contribution is 1.06. The van der Waals surface area contributed by atoms with E-state index in [0.717, 1.165) is 6.42 Å². The van der Waals surface area contributed by atoms with Crippen LogP contribution in [0.2, 0.25) is 6.55 Å². The minimum Gasteiger partial charge on any atom is -0.106 e. The van der Waals surface area contributed by atoms with E-state index in [2.05, 4.69) is 24.9 Å². The molecule has 0 heterocycles. The van der Waals surface area contributed by atoms with Crippen molar-refractivity contribution in [2.24, 2.45) is 0 Å². The largest absolute Gasteiger partial charge is 0.106 e. The molecule has 0 rings (SSSR count). The van der Waals surface area contributed by atoms with Gasteiger partial charge < -0.3 is 0 Å². The minimum atomic E-state index is 0.171. The Bertz CT molecular complexity index is 74.5. The van der Waals surface area contributed by atoms with Crippen molar-refractivity contribution < 1.29 is 0 Å². The molecule has 0 bridgehead atoms. The molecule has 0 atom stereocenters. The second kappa shape index (κ2) is 6.70. The molecule has 0 unspecified atom stereocenters. The molecule has 0 radical (unpaired) electrons. The maximum absolute atomic E-state index is 3.64. The van der Waals surface area contributed by atoms with Gasteiger partial charge in [-0.1, -0.05) is 18.7 Å². The molecule has 0 nitrogen and oxygen atoms in total. The molecule has 0 saturated carbocycles. The van der Waals surface area contributed by atoms with Gasteiger partial charge in [0, 0.05) is 9.52 Å². The lowest BCUT2D eigenvalue weighted by Crippen LogP contribution is -1.69. The van der Waals surface area contributed by atoms with Gasteiger partial charge in [0.15, 0.2) is 0 Å². The van der Waals surface area contributed by atoms with Crippen LogP contribution in [0.15, 0.2) is 24.4 Å². The maximum atomic E-state index is 3.64. The van der Waals surface area contributed by atoms with Crippen molar-refractivity contribution in [3.05, 3.63) is 24.4 Å². The van der Waals surface area contributed by atoms with E-state index in [1.54, 1.807) is 0 Å². The first-order chi connectivity index (χ1) is 3.91. The van der Waals surface area contributed by atoms with Crippen molar-refractivity contribution in [3.63, 3.8) is 0 Å². The molecule has 0 aliphatic carbocycles. The monoisotopic (exact) mass is 126 g/mol. The second-order valence-electron chi connectivity index (χ2n) is 1.75. The van der Waals surface area contributed by atoms with Crippen LogP contribution in [0.4, 0.5) is 0 Å². The number of allylic oxidation sites excluding steroid dienone is 2. The highest BCUT2D eigenvalue weighted by atomic mass is 28.2. The molecule has 46 valence electrons. The van der Waals surface area contributed by atoms with E-state index in [1.807, 2.05) is 6.08 Å². The fourth-order valence-electron chi connectivity index (χ4n) is 0.499. The zero-order valence-electron chi connectivity index (χ0n) is 5.56. The number of hydrogen-bond acceptors (Lipinski definition) is 0. The predicted octanol–water partition coefficient (Wildman–Crippen LogP) is 1.68. The molecule has 0 aliphatic rings. The first-order valence-electron chi connectivity index (χ1n) is 3.17. The average Bonchev–Trinajstić information content (AvgIpc) is 1.81. The summed E-state index contributed by atoms with van der Waals surface area (Å²) in [5.41, 5.74) is 2.32. The highest BCUT2D eigenvalue weighted by molar-refractivity contribution is 6.40. The van der Waals surface area contributed by atoms with Gasteiger partial charge in [0.1, 0.15) is 0 Å². The average molecular weight is 126 g/mol. The summed E-state index contributed by atoms with van der Waals surface area (Å²) in [6.45, 7) is 5.92. The van der Waals surface area contributed by atoms with E-state index in [9.17, 15) is 0 Å². The first-order valence-corrected chi connectivity index (χ1v) is 5.40. The van der Waals surface area contributed by atoms with E-state index in [-0.39, 0.29) is 9.52 Å². The summed E-state index contributed by atoms with van der Waals surface area (Å²) in [5, 5.41) is 0. The van der Waals surface area contributed by atoms with Crippen molar-refractivity contribution in [2.75, 3.05) is 0 Å². The van der Waals surface area contributed by atoms with Crippen LogP contribution in [0.25, 0.3) is 0 Å². The summed E-state index contributed by atoms with van der Waals surface area (Å²) in [6.07, 6.45) is 6.53. The van der Waals surface area contributed by atoms with Gasteiger partial charge in [0.2, 0.25) is 0 Å². The number of rotatable bonds is 4. The Morgan fingerprint density at radius 1 is 1.50 bits per heavy atom. The quantitative estimate of drug-likeness (QED) is 0.305. The Balaban J connectivity index is 2.90. The third kappa shape index (κ3) is 5.70. The van der Waals surface area contributed by atoms with Crippen LogP contribution < -0.4 is 0 Å². The zero-order chi connectivity index (χ0) is 6.24. The second-order valence-corrected chi connectivity index (χ2v) is 3.03. The normalized spacial score (nSPS) is 11.6. The summed E-state index contributed by atoms with van der Waals surface area (Å²) >= 11 is 0. The van der Waals surface area contributed by atoms with Crippen LogP contribution in [0.5, 0.6) is 0 Å². The van der Waals surface area contributed by atoms with Gasteiger partial charge in [-0.15, -0.1) is 12.3 Å². The Kier molecular flexibility index (Phi) is 6.44. The summed E-state index contributed by atoms with van der Waals surface area (Å²) in [4.78, 5) is 0. The van der Waals surface area contributed by atoms with E-state index in [0.29, 0.717) is 0 Å². The predicted molar refractivity (Wildman–Crippen MR) is 43.0 cm³/mol. The summed E-state index contributed by atoms with van der Waals surface area (Å²) in [6, 6.07) is 0. The molecular weight excluding hydrogens is 112 g/mol. The van der Waals surface area contributed by atoms with Gasteiger partial charge in [-0.25, -0.2) is 0 Å². The molecule has 8 heavy (non-hydrogen) atoms. The van der Waals surface area contributed by atoms with Gasteiger partial charge in [-0.3, -0.25) is 0 Å². The fraction of sp³-hybridized carbons (Fsp3) is 0.429. The van der Waals surface area contributed by atoms with Crippen LogP contribution in [0.3, 0.4) is 0 Å². The van der Waals surface area contributed by atoms with E-state index < -0.39 is 0 Å². The van der Waals surface area contributed by atoms with E-state index >= 15 is 0 Å². The van der Waals surface area contributed by atoms with Gasteiger partial charge >= 0.3 is 0 Å². The smallest absolute Gasteiger partial charge is 0.0419 e. The van der Waals surface area contributed by atoms with Crippen molar-refractivity contribution >= 4 is 9.52 Å². The topological polar surface area (TPSA) is 0 Å². The Morgan fingerprint density at radius 2 is 2.25 bits per heavy atom. The van der Waals surface area contributed by atoms with Gasteiger partial charge in [0.25, 0.3) is 0 Å². The molecule has 1 heteroatoms. The molecule has 0 N–H and O–H groups in total. The van der Waals surface area contributed by atoms with Gasteiger partial charge in [-0.2, -0.15) is 0 Å². The SMILES string of the molecule is C=CCCC=C[SiH2]C. The van der Waals surface area contributed by atoms with E-state index in [4.69, 9.17) is 0 Å². The van der Waals surface area contributed by atoms with Crippen molar-refractivity contribution in [1.82, 2.24) is 0 Å². The molecule has 0 aromatic heterocycles. The summed E-state index contributed by atoms with van der Waals surface area (Å²) in [5.74, 6) is 0. The van der Waals surface area contributed by atoms with Crippen LogP contribution in [-0.4, -0.2) is 9.52 Å². The molecule has 0 amide bonds. The van der Waals surface area contributed by atoms with Crippen LogP contribution in [-0.2, 0) is 0 Å². The van der Waals surface area contributed by atoms with Crippen LogP contribution in [0, 0.1) is 0 Å². The van der Waals surface area contributed by atoms with Gasteiger partial charge in [-0.05, 0) is 12.8 Å². The molecule has 0 fully saturated rings. The molecular formula is C7H14Si. The van der Waals surface area contributed by atoms with Crippen LogP contribution in [0.1, 0.15) is 12.8 Å². The molecule has 0 saturated heterocycles. The number of unbranched alkanes of at least 4 members (excludes halogenated alkanes) is 1. The third-order valence-electron chi connectivity index (χ3n) is 0.940. The Labute approximate surface area is 54.1 Å². The lowest BCUT2D eigenvalue weighted by atomic mass is 10.3. The first kappa shape index (κ1) is 7.70. The van der Waals surface area contributed by atoms with Crippen LogP contribution >= 0.6 is 0 Å². The minimum absolute atomic E-state index is 0.171. The molecule has 0 aromatic carbocycles. The maximum Gasteiger partial charge on any atom is 0.0419 e. The molecule has 0 spiro atoms. The van der Waals surface area contributed by atoms with Crippen molar-refractivity contribution in [2.45, 2.75) is 19.4 Å². The Hall–Kier alpha value is -0.303. The molecule has 0 aliphatic heterocycles. The van der Waals surface area contributed by atoms with Gasteiger partial charge in [0.05, 0.1) is 0 Å². The summed E-state index contributed by atoms with van der Waals surface area (Å²) < 4.78 is 0. The van der Waals surface area contributed by atoms with E-state index in [1.165, 1.54) is 6.42 Å². The van der Waals surface area contributed by atoms with Crippen molar-refractivity contribution in [3.8, 4) is 0 Å². The third-order valence-corrected chi connectivity index (χ3v) is 1.74. The standard InChI is InChI=1S/C7H14Si/c1-3-4-5-6-7-8-2/h3,6-7H,1,4-5,8H2,2H3. The van der Waals surface area contributed by atoms with Crippen molar-refractivity contribution in [1.29, 1.82) is 0 Å². The zero-order valence-corrected chi connectivity index (χ0v) is 6.97. The number of hydrogen-bond donors (Lipinski definition) is 0. The highest BCUT2D eigenvalue weighted by Gasteiger charge is 1.71. The Morgan fingerprint density at radius 3 is 2.75 bits per heavy atom. The fourth-order valence-corrected chi connectivity index (χ4v) is 1.07.